The molecule has 0 aromatic heterocycles. The lowest BCUT2D eigenvalue weighted by Gasteiger charge is -2.33. The highest BCUT2D eigenvalue weighted by Crippen LogP contribution is 2.32. The van der Waals surface area contributed by atoms with Crippen molar-refractivity contribution in [2.45, 2.75) is 18.4 Å². The molecule has 1 aliphatic heterocycles. The average Bonchev–Trinajstić information content (AvgIpc) is 2.19. The van der Waals surface area contributed by atoms with E-state index in [0.29, 0.717) is 11.6 Å². The molecule has 1 unspecified atom stereocenters. The fourth-order valence-corrected chi connectivity index (χ4v) is 2.27. The van der Waals surface area contributed by atoms with Gasteiger partial charge in [-0.3, -0.25) is 0 Å². The first-order valence-electron chi connectivity index (χ1n) is 4.90. The Morgan fingerprint density at radius 1 is 1.36 bits per heavy atom. The molecule has 1 aliphatic rings. The van der Waals surface area contributed by atoms with E-state index in [9.17, 15) is 5.11 Å². The van der Waals surface area contributed by atoms with Crippen molar-refractivity contribution in [1.82, 2.24) is 5.32 Å². The van der Waals surface area contributed by atoms with Crippen LogP contribution in [0.4, 0.5) is 0 Å². The van der Waals surface area contributed by atoms with Crippen molar-refractivity contribution in [3.8, 4) is 0 Å². The number of hydrogen-bond acceptors (Lipinski definition) is 2. The number of nitrogens with one attached hydrogen (secondary N) is 1. The lowest BCUT2D eigenvalue weighted by atomic mass is 9.87. The average molecular weight is 212 g/mol. The monoisotopic (exact) mass is 211 g/mol. The van der Waals surface area contributed by atoms with Crippen molar-refractivity contribution in [2.75, 3.05) is 13.1 Å². The van der Waals surface area contributed by atoms with Gasteiger partial charge in [0.1, 0.15) is 5.60 Å². The van der Waals surface area contributed by atoms with Gasteiger partial charge >= 0.3 is 0 Å². The maximum Gasteiger partial charge on any atom is 0.103 e. The van der Waals surface area contributed by atoms with Crippen molar-refractivity contribution in [3.05, 3.63) is 34.9 Å². The van der Waals surface area contributed by atoms with Gasteiger partial charge < -0.3 is 10.4 Å². The van der Waals surface area contributed by atoms with E-state index >= 15 is 0 Å². The van der Waals surface area contributed by atoms with Gasteiger partial charge in [0, 0.05) is 17.1 Å². The molecule has 1 fully saturated rings. The second-order valence-electron chi connectivity index (χ2n) is 3.79. The van der Waals surface area contributed by atoms with Crippen LogP contribution in [0.3, 0.4) is 0 Å². The fraction of sp³-hybridized carbons (Fsp3) is 0.455. The van der Waals surface area contributed by atoms with Gasteiger partial charge in [0.25, 0.3) is 0 Å². The minimum atomic E-state index is -0.781. The largest absolute Gasteiger partial charge is 0.384 e. The second kappa shape index (κ2) is 3.89. The van der Waals surface area contributed by atoms with E-state index in [-0.39, 0.29) is 0 Å². The summed E-state index contributed by atoms with van der Waals surface area (Å²) in [6, 6.07) is 7.51. The van der Waals surface area contributed by atoms with Crippen LogP contribution in [-0.2, 0) is 5.60 Å². The standard InChI is InChI=1S/C11H14ClNO/c12-10-5-2-1-4-9(10)11(14)6-3-7-13-8-11/h1-2,4-5,13-14H,3,6-8H2. The summed E-state index contributed by atoms with van der Waals surface area (Å²) in [6.07, 6.45) is 1.77. The number of rotatable bonds is 1. The summed E-state index contributed by atoms with van der Waals surface area (Å²) < 4.78 is 0. The third-order valence-corrected chi connectivity index (χ3v) is 3.07. The normalized spacial score (nSPS) is 27.6. The summed E-state index contributed by atoms with van der Waals surface area (Å²) in [7, 11) is 0. The van der Waals surface area contributed by atoms with Crippen LogP contribution in [0.25, 0.3) is 0 Å². The summed E-state index contributed by atoms with van der Waals surface area (Å²) in [5, 5.41) is 14.2. The molecule has 0 radical (unpaired) electrons. The molecule has 0 spiro atoms. The molecular formula is C11H14ClNO. The van der Waals surface area contributed by atoms with Gasteiger partial charge in [-0.25, -0.2) is 0 Å². The van der Waals surface area contributed by atoms with Crippen LogP contribution >= 0.6 is 11.6 Å². The Balaban J connectivity index is 2.32. The molecule has 1 aromatic carbocycles. The Kier molecular flexibility index (Phi) is 2.77. The summed E-state index contributed by atoms with van der Waals surface area (Å²) in [4.78, 5) is 0. The summed E-state index contributed by atoms with van der Waals surface area (Å²) in [5.41, 5.74) is 0.0604. The van der Waals surface area contributed by atoms with Crippen LogP contribution in [0.2, 0.25) is 5.02 Å². The zero-order chi connectivity index (χ0) is 10.0. The zero-order valence-electron chi connectivity index (χ0n) is 7.96. The predicted molar refractivity (Wildman–Crippen MR) is 57.5 cm³/mol. The van der Waals surface area contributed by atoms with E-state index in [1.54, 1.807) is 0 Å². The quantitative estimate of drug-likeness (QED) is 0.744. The molecule has 0 bridgehead atoms. The van der Waals surface area contributed by atoms with Gasteiger partial charge in [-0.05, 0) is 25.5 Å². The minimum Gasteiger partial charge on any atom is -0.384 e. The van der Waals surface area contributed by atoms with E-state index in [1.807, 2.05) is 24.3 Å². The minimum absolute atomic E-state index is 0.594. The first-order chi connectivity index (χ1) is 6.72. The topological polar surface area (TPSA) is 32.3 Å². The number of halogens is 1. The predicted octanol–water partition coefficient (Wildman–Crippen LogP) is 1.91. The highest BCUT2D eigenvalue weighted by molar-refractivity contribution is 6.31. The molecule has 0 aliphatic carbocycles. The van der Waals surface area contributed by atoms with Crippen molar-refractivity contribution in [2.24, 2.45) is 0 Å². The molecule has 1 aromatic rings. The SMILES string of the molecule is OC1(c2ccccc2Cl)CCCNC1. The Morgan fingerprint density at radius 3 is 2.79 bits per heavy atom. The molecule has 0 amide bonds. The number of β-amino-alcohol motifs (C(OH)–C–C–N with tert-alkyl or cyclic N) is 1. The molecule has 2 N–H and O–H groups in total. The van der Waals surface area contributed by atoms with E-state index in [1.165, 1.54) is 0 Å². The number of hydrogen-bond donors (Lipinski definition) is 2. The van der Waals surface area contributed by atoms with Gasteiger partial charge in [-0.15, -0.1) is 0 Å². The molecular weight excluding hydrogens is 198 g/mol. The molecule has 1 atom stereocenters. The van der Waals surface area contributed by atoms with E-state index in [2.05, 4.69) is 5.32 Å². The molecule has 0 saturated carbocycles. The third kappa shape index (κ3) is 1.78. The van der Waals surface area contributed by atoms with Gasteiger partial charge in [0.2, 0.25) is 0 Å². The third-order valence-electron chi connectivity index (χ3n) is 2.74. The van der Waals surface area contributed by atoms with Crippen LogP contribution in [0.15, 0.2) is 24.3 Å². The molecule has 76 valence electrons. The van der Waals surface area contributed by atoms with Crippen LogP contribution in [-0.4, -0.2) is 18.2 Å². The van der Waals surface area contributed by atoms with Crippen LogP contribution in [0, 0.1) is 0 Å². The van der Waals surface area contributed by atoms with Gasteiger partial charge in [0.05, 0.1) is 0 Å². The lowest BCUT2D eigenvalue weighted by Crippen LogP contribution is -2.43. The van der Waals surface area contributed by atoms with E-state index in [0.717, 1.165) is 24.9 Å². The van der Waals surface area contributed by atoms with Crippen molar-refractivity contribution in [3.63, 3.8) is 0 Å². The Bertz CT molecular complexity index is 321. The van der Waals surface area contributed by atoms with Crippen molar-refractivity contribution >= 4 is 11.6 Å². The Hall–Kier alpha value is -0.570. The number of aliphatic hydroxyl groups is 1. The number of piperidine rings is 1. The summed E-state index contributed by atoms with van der Waals surface area (Å²) in [6.45, 7) is 1.57. The molecule has 2 rings (SSSR count). The fourth-order valence-electron chi connectivity index (χ4n) is 1.96. The van der Waals surface area contributed by atoms with Gasteiger partial charge in [0.15, 0.2) is 0 Å². The Morgan fingerprint density at radius 2 is 2.14 bits per heavy atom. The van der Waals surface area contributed by atoms with Crippen LogP contribution in [0.5, 0.6) is 0 Å². The maximum atomic E-state index is 10.4. The smallest absolute Gasteiger partial charge is 0.103 e. The molecule has 3 heteroatoms. The molecule has 1 heterocycles. The lowest BCUT2D eigenvalue weighted by molar-refractivity contribution is 0.0124. The highest BCUT2D eigenvalue weighted by atomic mass is 35.5. The van der Waals surface area contributed by atoms with Crippen LogP contribution in [0.1, 0.15) is 18.4 Å². The first-order valence-corrected chi connectivity index (χ1v) is 5.28. The zero-order valence-corrected chi connectivity index (χ0v) is 8.72. The van der Waals surface area contributed by atoms with Gasteiger partial charge in [-0.1, -0.05) is 29.8 Å². The molecule has 2 nitrogen and oxygen atoms in total. The van der Waals surface area contributed by atoms with Crippen molar-refractivity contribution in [1.29, 1.82) is 0 Å². The summed E-state index contributed by atoms with van der Waals surface area (Å²) >= 11 is 6.06. The summed E-state index contributed by atoms with van der Waals surface area (Å²) in [5.74, 6) is 0. The number of benzene rings is 1. The van der Waals surface area contributed by atoms with Crippen molar-refractivity contribution < 1.29 is 5.11 Å². The highest BCUT2D eigenvalue weighted by Gasteiger charge is 2.32. The second-order valence-corrected chi connectivity index (χ2v) is 4.20. The van der Waals surface area contributed by atoms with Crippen LogP contribution < -0.4 is 5.32 Å². The molecule has 1 saturated heterocycles. The molecule has 14 heavy (non-hydrogen) atoms. The Labute approximate surface area is 88.9 Å². The van der Waals surface area contributed by atoms with E-state index < -0.39 is 5.60 Å². The first kappa shape index (κ1) is 9.97. The van der Waals surface area contributed by atoms with Gasteiger partial charge in [-0.2, -0.15) is 0 Å². The maximum absolute atomic E-state index is 10.4. The van der Waals surface area contributed by atoms with E-state index in [4.69, 9.17) is 11.6 Å².